The van der Waals surface area contributed by atoms with E-state index in [-0.39, 0.29) is 30.2 Å². The molecular weight excluding hydrogens is 391 g/mol. The summed E-state index contributed by atoms with van der Waals surface area (Å²) < 4.78 is 13.3. The van der Waals surface area contributed by atoms with Crippen LogP contribution in [0.5, 0.6) is 0 Å². The summed E-state index contributed by atoms with van der Waals surface area (Å²) in [6, 6.07) is 13.8. The van der Waals surface area contributed by atoms with Gasteiger partial charge in [-0.3, -0.25) is 9.59 Å². The minimum Gasteiger partial charge on any atom is -0.352 e. The Kier molecular flexibility index (Phi) is 9.22. The van der Waals surface area contributed by atoms with E-state index in [1.807, 2.05) is 20.8 Å². The normalized spacial score (nSPS) is 12.1. The maximum atomic E-state index is 13.3. The number of halogens is 1. The van der Waals surface area contributed by atoms with E-state index in [0.717, 1.165) is 11.1 Å². The fraction of sp³-hybridized carbons (Fsp3) is 0.462. The van der Waals surface area contributed by atoms with Crippen LogP contribution in [-0.4, -0.2) is 28.8 Å². The molecule has 1 atom stereocenters. The molecule has 0 aliphatic carbocycles. The smallest absolute Gasteiger partial charge is 0.243 e. The topological polar surface area (TPSA) is 49.4 Å². The lowest BCUT2D eigenvalue weighted by atomic mass is 10.00. The first kappa shape index (κ1) is 24.6. The first-order valence-corrected chi connectivity index (χ1v) is 11.1. The van der Waals surface area contributed by atoms with Crippen LogP contribution >= 0.6 is 0 Å². The molecule has 0 bridgehead atoms. The first-order valence-electron chi connectivity index (χ1n) is 11.1. The van der Waals surface area contributed by atoms with Gasteiger partial charge in [-0.05, 0) is 61.4 Å². The first-order chi connectivity index (χ1) is 14.7. The van der Waals surface area contributed by atoms with Crippen molar-refractivity contribution in [2.75, 3.05) is 0 Å². The van der Waals surface area contributed by atoms with E-state index < -0.39 is 6.04 Å². The fourth-order valence-corrected chi connectivity index (χ4v) is 3.55. The highest BCUT2D eigenvalue weighted by atomic mass is 19.1. The van der Waals surface area contributed by atoms with Crippen molar-refractivity contribution in [1.29, 1.82) is 0 Å². The maximum Gasteiger partial charge on any atom is 0.243 e. The van der Waals surface area contributed by atoms with Crippen molar-refractivity contribution >= 4 is 11.8 Å². The highest BCUT2D eigenvalue weighted by molar-refractivity contribution is 5.87. The minimum absolute atomic E-state index is 0.0104. The van der Waals surface area contributed by atoms with E-state index in [9.17, 15) is 14.0 Å². The molecule has 0 fully saturated rings. The third kappa shape index (κ3) is 7.50. The summed E-state index contributed by atoms with van der Waals surface area (Å²) in [6.45, 7) is 10.3. The average Bonchev–Trinajstić information content (AvgIpc) is 2.73. The quantitative estimate of drug-likeness (QED) is 0.567. The Morgan fingerprint density at radius 1 is 0.935 bits per heavy atom. The molecular formula is C26H35FN2O2. The van der Waals surface area contributed by atoms with Gasteiger partial charge in [0.15, 0.2) is 0 Å². The molecule has 2 amide bonds. The second kappa shape index (κ2) is 11.6. The molecule has 2 aromatic carbocycles. The number of carbonyl (C=O) groups excluding carboxylic acids is 2. The molecule has 0 radical (unpaired) electrons. The van der Waals surface area contributed by atoms with E-state index in [1.165, 1.54) is 17.7 Å². The molecule has 2 rings (SSSR count). The summed E-state index contributed by atoms with van der Waals surface area (Å²) in [4.78, 5) is 27.6. The Bertz CT molecular complexity index is 845. The van der Waals surface area contributed by atoms with Crippen molar-refractivity contribution in [2.24, 2.45) is 0 Å². The lowest BCUT2D eigenvalue weighted by molar-refractivity contribution is -0.141. The van der Waals surface area contributed by atoms with Crippen molar-refractivity contribution in [3.63, 3.8) is 0 Å². The highest BCUT2D eigenvalue weighted by Crippen LogP contribution is 2.18. The van der Waals surface area contributed by atoms with Crippen LogP contribution in [0.15, 0.2) is 48.5 Å². The SMILES string of the molecule is CC[C@@H](C(=O)NC(C)C)N(Cc1ccc(F)cc1)C(=O)CCc1ccc(C(C)C)cc1. The van der Waals surface area contributed by atoms with Crippen molar-refractivity contribution in [1.82, 2.24) is 10.2 Å². The van der Waals surface area contributed by atoms with Gasteiger partial charge < -0.3 is 10.2 Å². The molecule has 31 heavy (non-hydrogen) atoms. The van der Waals surface area contributed by atoms with E-state index in [4.69, 9.17) is 0 Å². The molecule has 5 heteroatoms. The van der Waals surface area contributed by atoms with Gasteiger partial charge in [0, 0.05) is 19.0 Å². The zero-order valence-electron chi connectivity index (χ0n) is 19.3. The van der Waals surface area contributed by atoms with Gasteiger partial charge in [-0.2, -0.15) is 0 Å². The van der Waals surface area contributed by atoms with Gasteiger partial charge in [0.1, 0.15) is 11.9 Å². The van der Waals surface area contributed by atoms with Gasteiger partial charge in [-0.15, -0.1) is 0 Å². The molecule has 0 aromatic heterocycles. The van der Waals surface area contributed by atoms with Gasteiger partial charge in [0.25, 0.3) is 0 Å². The van der Waals surface area contributed by atoms with Gasteiger partial charge in [-0.25, -0.2) is 4.39 Å². The second-order valence-corrected chi connectivity index (χ2v) is 8.63. The average molecular weight is 427 g/mol. The zero-order valence-corrected chi connectivity index (χ0v) is 19.3. The Morgan fingerprint density at radius 2 is 1.52 bits per heavy atom. The predicted octanol–water partition coefficient (Wildman–Crippen LogP) is 5.21. The van der Waals surface area contributed by atoms with Crippen LogP contribution in [0.2, 0.25) is 0 Å². The number of benzene rings is 2. The van der Waals surface area contributed by atoms with Crippen LogP contribution in [0.3, 0.4) is 0 Å². The minimum atomic E-state index is -0.566. The molecule has 0 aliphatic heterocycles. The largest absolute Gasteiger partial charge is 0.352 e. The molecule has 0 spiro atoms. The Labute approximate surface area is 185 Å². The summed E-state index contributed by atoms with van der Waals surface area (Å²) in [6.07, 6.45) is 1.43. The number of nitrogens with one attached hydrogen (secondary N) is 1. The number of amides is 2. The molecule has 0 saturated heterocycles. The third-order valence-electron chi connectivity index (χ3n) is 5.36. The van der Waals surface area contributed by atoms with Crippen molar-refractivity contribution in [3.8, 4) is 0 Å². The number of rotatable bonds is 10. The summed E-state index contributed by atoms with van der Waals surface area (Å²) in [5.41, 5.74) is 3.16. The lowest BCUT2D eigenvalue weighted by Crippen LogP contribution is -2.50. The van der Waals surface area contributed by atoms with Crippen molar-refractivity contribution < 1.29 is 14.0 Å². The molecule has 2 aromatic rings. The molecule has 1 N–H and O–H groups in total. The lowest BCUT2D eigenvalue weighted by Gasteiger charge is -2.31. The summed E-state index contributed by atoms with van der Waals surface area (Å²) in [7, 11) is 0. The molecule has 0 aliphatic rings. The van der Waals surface area contributed by atoms with Crippen LogP contribution in [0, 0.1) is 5.82 Å². The van der Waals surface area contributed by atoms with Gasteiger partial charge >= 0.3 is 0 Å². The van der Waals surface area contributed by atoms with Crippen molar-refractivity contribution in [3.05, 3.63) is 71.0 Å². The fourth-order valence-electron chi connectivity index (χ4n) is 3.55. The summed E-state index contributed by atoms with van der Waals surface area (Å²) in [5, 5.41) is 2.92. The van der Waals surface area contributed by atoms with Crippen LogP contribution in [-0.2, 0) is 22.6 Å². The maximum absolute atomic E-state index is 13.3. The van der Waals surface area contributed by atoms with Crippen LogP contribution in [0.1, 0.15) is 70.1 Å². The molecule has 168 valence electrons. The van der Waals surface area contributed by atoms with E-state index >= 15 is 0 Å². The molecule has 0 unspecified atom stereocenters. The van der Waals surface area contributed by atoms with Gasteiger partial charge in [-0.1, -0.05) is 57.2 Å². The van der Waals surface area contributed by atoms with E-state index in [1.54, 1.807) is 17.0 Å². The Balaban J connectivity index is 2.17. The second-order valence-electron chi connectivity index (χ2n) is 8.63. The van der Waals surface area contributed by atoms with Crippen molar-refractivity contribution in [2.45, 2.75) is 78.4 Å². The molecule has 0 heterocycles. The number of nitrogens with zero attached hydrogens (tertiary/aromatic N) is 1. The van der Waals surface area contributed by atoms with Crippen LogP contribution < -0.4 is 5.32 Å². The monoisotopic (exact) mass is 426 g/mol. The number of carbonyl (C=O) groups is 2. The Morgan fingerprint density at radius 3 is 2.03 bits per heavy atom. The molecule has 0 saturated carbocycles. The Hall–Kier alpha value is -2.69. The third-order valence-corrected chi connectivity index (χ3v) is 5.36. The van der Waals surface area contributed by atoms with Gasteiger partial charge in [0.05, 0.1) is 0 Å². The number of aryl methyl sites for hydroxylation is 1. The van der Waals surface area contributed by atoms with E-state index in [0.29, 0.717) is 25.2 Å². The standard InChI is InChI=1S/C26H35FN2O2/c1-6-24(26(31)28-19(4)5)29(17-21-9-14-23(27)15-10-21)25(30)16-11-20-7-12-22(13-8-20)18(2)3/h7-10,12-15,18-19,24H,6,11,16-17H2,1-5H3,(H,28,31)/t24-/m0/s1. The highest BCUT2D eigenvalue weighted by Gasteiger charge is 2.28. The van der Waals surface area contributed by atoms with Crippen LogP contribution in [0.4, 0.5) is 4.39 Å². The summed E-state index contributed by atoms with van der Waals surface area (Å²) in [5.74, 6) is -0.0972. The molecule has 4 nitrogen and oxygen atoms in total. The van der Waals surface area contributed by atoms with Gasteiger partial charge in [0.2, 0.25) is 11.8 Å². The summed E-state index contributed by atoms with van der Waals surface area (Å²) >= 11 is 0. The van der Waals surface area contributed by atoms with E-state index in [2.05, 4.69) is 43.4 Å². The predicted molar refractivity (Wildman–Crippen MR) is 123 cm³/mol. The number of hydrogen-bond donors (Lipinski definition) is 1. The number of hydrogen-bond acceptors (Lipinski definition) is 2. The zero-order chi connectivity index (χ0) is 23.0. The van der Waals surface area contributed by atoms with Crippen LogP contribution in [0.25, 0.3) is 0 Å².